The number of carbonyl (C=O) groups is 2. The van der Waals surface area contributed by atoms with E-state index < -0.39 is 5.97 Å². The number of hydrazone groups is 1. The molecular weight excluding hydrogens is 464 g/mol. The van der Waals surface area contributed by atoms with Gasteiger partial charge in [-0.1, -0.05) is 54.2 Å². The number of nitrogens with zero attached hydrogens (tertiary/aromatic N) is 3. The van der Waals surface area contributed by atoms with Gasteiger partial charge >= 0.3 is 5.97 Å². The second-order valence-corrected chi connectivity index (χ2v) is 8.48. The number of thioether (sulfide) groups is 1. The summed E-state index contributed by atoms with van der Waals surface area (Å²) in [6.07, 6.45) is 1.47. The van der Waals surface area contributed by atoms with Crippen molar-refractivity contribution in [3.05, 3.63) is 99.8 Å². The normalized spacial score (nSPS) is 11.0. The van der Waals surface area contributed by atoms with E-state index in [2.05, 4.69) is 20.2 Å². The molecule has 4 rings (SSSR count). The fourth-order valence-electron chi connectivity index (χ4n) is 3.40. The minimum Gasteiger partial charge on any atom is -0.465 e. The summed E-state index contributed by atoms with van der Waals surface area (Å²) in [4.78, 5) is 41.9. The van der Waals surface area contributed by atoms with E-state index in [9.17, 15) is 14.4 Å². The number of hydrogen-bond acceptors (Lipinski definition) is 7. The van der Waals surface area contributed by atoms with Gasteiger partial charge in [-0.2, -0.15) is 5.10 Å². The van der Waals surface area contributed by atoms with Gasteiger partial charge in [-0.05, 0) is 48.4 Å². The Morgan fingerprint density at radius 3 is 2.51 bits per heavy atom. The summed E-state index contributed by atoms with van der Waals surface area (Å²) in [5, 5.41) is 4.89. The fraction of sp³-hybridized carbons (Fsp3) is 0.115. The number of benzene rings is 3. The molecule has 1 N–H and O–H groups in total. The Kier molecular flexibility index (Phi) is 7.37. The fourth-order valence-corrected chi connectivity index (χ4v) is 4.20. The summed E-state index contributed by atoms with van der Waals surface area (Å²) in [5.74, 6) is -0.767. The summed E-state index contributed by atoms with van der Waals surface area (Å²) >= 11 is 1.16. The average molecular weight is 487 g/mol. The van der Waals surface area contributed by atoms with Crippen LogP contribution in [0.2, 0.25) is 0 Å². The Hall–Kier alpha value is -4.24. The van der Waals surface area contributed by atoms with Gasteiger partial charge < -0.3 is 4.74 Å². The van der Waals surface area contributed by atoms with Gasteiger partial charge in [0.1, 0.15) is 0 Å². The summed E-state index contributed by atoms with van der Waals surface area (Å²) in [5.41, 5.74) is 5.61. The minimum atomic E-state index is -0.426. The Labute approximate surface area is 205 Å². The predicted molar refractivity (Wildman–Crippen MR) is 136 cm³/mol. The summed E-state index contributed by atoms with van der Waals surface area (Å²) in [6, 6.07) is 21.3. The quantitative estimate of drug-likeness (QED) is 0.140. The molecule has 4 aromatic rings. The largest absolute Gasteiger partial charge is 0.465 e. The molecule has 0 saturated heterocycles. The maximum absolute atomic E-state index is 13.3. The molecule has 1 heterocycles. The van der Waals surface area contributed by atoms with Crippen LogP contribution in [0.1, 0.15) is 21.5 Å². The molecule has 1 amide bonds. The van der Waals surface area contributed by atoms with E-state index >= 15 is 0 Å². The van der Waals surface area contributed by atoms with Gasteiger partial charge in [0.2, 0.25) is 0 Å². The molecular formula is C26H22N4O4S. The molecule has 0 saturated carbocycles. The molecule has 0 bridgehead atoms. The van der Waals surface area contributed by atoms with Crippen molar-refractivity contribution >= 4 is 40.8 Å². The first-order valence-corrected chi connectivity index (χ1v) is 11.7. The number of amides is 1. The smallest absolute Gasteiger partial charge is 0.337 e. The molecule has 3 aromatic carbocycles. The number of methoxy groups -OCH3 is 1. The standard InChI is InChI=1S/C26H22N4O4S/c1-17-7-3-6-10-22(17)30-24(32)20-8-4-5-9-21(20)28-26(30)35-16-23(31)29-27-15-18-11-13-19(14-12-18)25(33)34-2/h3-15H,16H2,1-2H3,(H,29,31). The van der Waals surface area contributed by atoms with Crippen molar-refractivity contribution in [1.82, 2.24) is 15.0 Å². The average Bonchev–Trinajstić information content (AvgIpc) is 2.88. The minimum absolute atomic E-state index is 0.00921. The number of rotatable bonds is 7. The summed E-state index contributed by atoms with van der Waals surface area (Å²) in [7, 11) is 1.32. The molecule has 0 radical (unpaired) electrons. The topological polar surface area (TPSA) is 103 Å². The lowest BCUT2D eigenvalue weighted by molar-refractivity contribution is -0.118. The summed E-state index contributed by atoms with van der Waals surface area (Å²) < 4.78 is 6.21. The number of aromatic nitrogens is 2. The second kappa shape index (κ2) is 10.8. The van der Waals surface area contributed by atoms with Crippen LogP contribution in [0, 0.1) is 6.92 Å². The second-order valence-electron chi connectivity index (χ2n) is 7.53. The first-order valence-electron chi connectivity index (χ1n) is 10.7. The molecule has 0 fully saturated rings. The SMILES string of the molecule is COC(=O)c1ccc(C=NNC(=O)CSc2nc3ccccc3c(=O)n2-c2ccccc2C)cc1. The van der Waals surface area contributed by atoms with Crippen molar-refractivity contribution < 1.29 is 14.3 Å². The van der Waals surface area contributed by atoms with E-state index in [1.54, 1.807) is 47.0 Å². The van der Waals surface area contributed by atoms with Crippen LogP contribution in [0.5, 0.6) is 0 Å². The third-order valence-corrected chi connectivity index (χ3v) is 6.11. The van der Waals surface area contributed by atoms with E-state index in [0.29, 0.717) is 32.9 Å². The number of carbonyl (C=O) groups excluding carboxylic acids is 2. The maximum atomic E-state index is 13.3. The molecule has 0 unspecified atom stereocenters. The molecule has 35 heavy (non-hydrogen) atoms. The zero-order valence-corrected chi connectivity index (χ0v) is 19.9. The van der Waals surface area contributed by atoms with E-state index in [1.165, 1.54) is 13.3 Å². The number of ether oxygens (including phenoxy) is 1. The molecule has 0 spiro atoms. The lowest BCUT2D eigenvalue weighted by Gasteiger charge is -2.14. The van der Waals surface area contributed by atoms with Gasteiger partial charge in [-0.25, -0.2) is 15.2 Å². The highest BCUT2D eigenvalue weighted by Gasteiger charge is 2.15. The highest BCUT2D eigenvalue weighted by atomic mass is 32.2. The third-order valence-electron chi connectivity index (χ3n) is 5.17. The van der Waals surface area contributed by atoms with Gasteiger partial charge in [0.05, 0.1) is 41.2 Å². The molecule has 1 aromatic heterocycles. The van der Waals surface area contributed by atoms with Crippen LogP contribution in [0.25, 0.3) is 16.6 Å². The van der Waals surface area contributed by atoms with E-state index in [-0.39, 0.29) is 17.2 Å². The number of para-hydroxylation sites is 2. The Morgan fingerprint density at radius 2 is 1.77 bits per heavy atom. The molecule has 0 aliphatic carbocycles. The van der Waals surface area contributed by atoms with Crippen LogP contribution in [0.15, 0.2) is 87.8 Å². The van der Waals surface area contributed by atoms with Crippen LogP contribution in [-0.2, 0) is 9.53 Å². The van der Waals surface area contributed by atoms with Crippen molar-refractivity contribution in [2.45, 2.75) is 12.1 Å². The van der Waals surface area contributed by atoms with Crippen molar-refractivity contribution in [2.24, 2.45) is 5.10 Å². The number of aryl methyl sites for hydroxylation is 1. The zero-order chi connectivity index (χ0) is 24.8. The van der Waals surface area contributed by atoms with E-state index in [0.717, 1.165) is 17.3 Å². The van der Waals surface area contributed by atoms with E-state index in [1.807, 2.05) is 37.3 Å². The first-order chi connectivity index (χ1) is 17.0. The molecule has 176 valence electrons. The third kappa shape index (κ3) is 5.47. The Balaban J connectivity index is 1.51. The lowest BCUT2D eigenvalue weighted by atomic mass is 10.1. The zero-order valence-electron chi connectivity index (χ0n) is 19.1. The molecule has 0 aliphatic heterocycles. The van der Waals surface area contributed by atoms with Crippen molar-refractivity contribution in [3.63, 3.8) is 0 Å². The molecule has 9 heteroatoms. The van der Waals surface area contributed by atoms with Crippen LogP contribution < -0.4 is 11.0 Å². The number of fused-ring (bicyclic) bond motifs is 1. The van der Waals surface area contributed by atoms with Gasteiger partial charge in [0.25, 0.3) is 11.5 Å². The van der Waals surface area contributed by atoms with Crippen molar-refractivity contribution in [2.75, 3.05) is 12.9 Å². The van der Waals surface area contributed by atoms with Crippen LogP contribution in [-0.4, -0.2) is 40.5 Å². The van der Waals surface area contributed by atoms with Crippen molar-refractivity contribution in [3.8, 4) is 5.69 Å². The first kappa shape index (κ1) is 23.9. The summed E-state index contributed by atoms with van der Waals surface area (Å²) in [6.45, 7) is 1.92. The molecule has 0 aliphatic rings. The molecule has 8 nitrogen and oxygen atoms in total. The molecule has 0 atom stereocenters. The van der Waals surface area contributed by atoms with Gasteiger partial charge in [0, 0.05) is 0 Å². The van der Waals surface area contributed by atoms with Crippen LogP contribution >= 0.6 is 11.8 Å². The number of nitrogens with one attached hydrogen (secondary N) is 1. The lowest BCUT2D eigenvalue weighted by Crippen LogP contribution is -2.24. The Morgan fingerprint density at radius 1 is 1.06 bits per heavy atom. The highest BCUT2D eigenvalue weighted by molar-refractivity contribution is 7.99. The van der Waals surface area contributed by atoms with Crippen LogP contribution in [0.3, 0.4) is 0 Å². The van der Waals surface area contributed by atoms with E-state index in [4.69, 9.17) is 0 Å². The van der Waals surface area contributed by atoms with Gasteiger partial charge in [0.15, 0.2) is 5.16 Å². The van der Waals surface area contributed by atoms with Gasteiger partial charge in [-0.3, -0.25) is 14.2 Å². The van der Waals surface area contributed by atoms with Gasteiger partial charge in [-0.15, -0.1) is 0 Å². The number of esters is 1. The Bertz CT molecular complexity index is 1480. The van der Waals surface area contributed by atoms with Crippen LogP contribution in [0.4, 0.5) is 0 Å². The predicted octanol–water partition coefficient (Wildman–Crippen LogP) is 3.72. The monoisotopic (exact) mass is 486 g/mol. The maximum Gasteiger partial charge on any atom is 0.337 e. The van der Waals surface area contributed by atoms with Crippen molar-refractivity contribution in [1.29, 1.82) is 0 Å². The number of hydrogen-bond donors (Lipinski definition) is 1. The highest BCUT2D eigenvalue weighted by Crippen LogP contribution is 2.23.